The van der Waals surface area contributed by atoms with Crippen molar-refractivity contribution < 1.29 is 29.1 Å². The first kappa shape index (κ1) is 22.0. The van der Waals surface area contributed by atoms with Crippen molar-refractivity contribution in [1.29, 1.82) is 0 Å². The van der Waals surface area contributed by atoms with Crippen LogP contribution in [0.4, 0.5) is 0 Å². The van der Waals surface area contributed by atoms with E-state index in [4.69, 9.17) is 33.1 Å². The van der Waals surface area contributed by atoms with Gasteiger partial charge in [-0.15, -0.1) is 11.3 Å². The molecule has 0 aliphatic carbocycles. The minimum Gasteiger partial charge on any atom is -0.456 e. The first-order chi connectivity index (χ1) is 38.2. The smallest absolute Gasteiger partial charge is 0.164 e. The largest absolute Gasteiger partial charge is 0.456 e. The van der Waals surface area contributed by atoms with Gasteiger partial charge in [-0.25, -0.2) is 15.0 Å². The summed E-state index contributed by atoms with van der Waals surface area (Å²) in [7, 11) is 0. The molecule has 0 spiro atoms. The molecule has 0 bridgehead atoms. The second-order valence-electron chi connectivity index (χ2n) is 14.1. The zero-order chi connectivity index (χ0) is 56.7. The van der Waals surface area contributed by atoms with E-state index in [1.165, 1.54) is 0 Å². The SMILES string of the molecule is [2H]c1cc(-c2c([2H])c(-c3c([2H])c([2H])c([2H])c([2H])c3[2H])c([2H])c(-c3c([2H])c([2H])c([2H])c4sc5c([2H])c(-c6nc(-c7ccc(-c8ccccc8)cc7)nc(-c7cccc8oc9ccccc9c78)n6)c([2H])c([2H])c5c34)c2[2H])c([2H])c([2H])c1[2H]. The Hall–Kier alpha value is -7.99. The number of para-hydroxylation sites is 1. The van der Waals surface area contributed by atoms with Crippen LogP contribution in [0.5, 0.6) is 0 Å². The van der Waals surface area contributed by atoms with Gasteiger partial charge in [-0.05, 0) is 86.9 Å². The average molecular weight is 828 g/mol. The van der Waals surface area contributed by atoms with E-state index in [2.05, 4.69) is 0 Å². The lowest BCUT2D eigenvalue weighted by Gasteiger charge is -2.12. The molecule has 0 fully saturated rings. The molecule has 12 aromatic rings. The van der Waals surface area contributed by atoms with E-state index < -0.39 is 142 Å². The van der Waals surface area contributed by atoms with Gasteiger partial charge in [-0.3, -0.25) is 0 Å². The number of nitrogens with zero attached hydrogens (tertiary/aromatic N) is 3. The van der Waals surface area contributed by atoms with Crippen molar-refractivity contribution in [2.75, 3.05) is 0 Å². The number of hydrogen-bond acceptors (Lipinski definition) is 5. The third kappa shape index (κ3) is 6.35. The van der Waals surface area contributed by atoms with Crippen LogP contribution in [0.25, 0.3) is 121 Å². The Morgan fingerprint density at radius 1 is 0.355 bits per heavy atom. The van der Waals surface area contributed by atoms with Crippen LogP contribution >= 0.6 is 11.3 Å². The Morgan fingerprint density at radius 3 is 1.89 bits per heavy atom. The van der Waals surface area contributed by atoms with Crippen LogP contribution in [-0.4, -0.2) is 15.0 Å². The maximum atomic E-state index is 9.95. The number of fused-ring (bicyclic) bond motifs is 6. The molecule has 0 amide bonds. The second-order valence-corrected chi connectivity index (χ2v) is 15.1. The van der Waals surface area contributed by atoms with E-state index in [0.29, 0.717) is 27.7 Å². The zero-order valence-corrected chi connectivity index (χ0v) is 32.8. The van der Waals surface area contributed by atoms with Gasteiger partial charge < -0.3 is 4.42 Å². The summed E-state index contributed by atoms with van der Waals surface area (Å²) in [6.07, 6.45) is 0. The Labute approximate surface area is 387 Å². The zero-order valence-electron chi connectivity index (χ0n) is 50.0. The molecule has 290 valence electrons. The molecular weight excluding hydrogens is 775 g/mol. The van der Waals surface area contributed by atoms with Crippen molar-refractivity contribution in [3.63, 3.8) is 0 Å². The molecule has 3 aromatic heterocycles. The molecule has 3 heterocycles. The van der Waals surface area contributed by atoms with E-state index in [-0.39, 0.29) is 43.2 Å². The van der Waals surface area contributed by atoms with Crippen molar-refractivity contribution in [3.8, 4) is 78.7 Å². The summed E-state index contributed by atoms with van der Waals surface area (Å²) in [5.74, 6) is 0.122. The van der Waals surface area contributed by atoms with Crippen molar-refractivity contribution >= 4 is 53.4 Å². The Morgan fingerprint density at radius 2 is 1.03 bits per heavy atom. The highest BCUT2D eigenvalue weighted by molar-refractivity contribution is 7.26. The molecule has 9 aromatic carbocycles. The van der Waals surface area contributed by atoms with Gasteiger partial charge in [0, 0.05) is 47.6 Å². The van der Waals surface area contributed by atoms with Crippen molar-refractivity contribution in [3.05, 3.63) is 212 Å². The van der Waals surface area contributed by atoms with Gasteiger partial charge in [0.15, 0.2) is 17.5 Å². The van der Waals surface area contributed by atoms with Gasteiger partial charge in [0.25, 0.3) is 0 Å². The maximum Gasteiger partial charge on any atom is 0.164 e. The van der Waals surface area contributed by atoms with Crippen LogP contribution in [0, 0.1) is 0 Å². The molecule has 0 saturated carbocycles. The van der Waals surface area contributed by atoms with Crippen LogP contribution in [0.3, 0.4) is 0 Å². The normalized spacial score (nSPS) is 15.6. The summed E-state index contributed by atoms with van der Waals surface area (Å²) >= 11 is 0.762. The molecule has 0 N–H and O–H groups in total. The molecule has 0 radical (unpaired) electrons. The molecule has 0 aliphatic heterocycles. The fraction of sp³-hybridized carbons (Fsp3) is 0. The van der Waals surface area contributed by atoms with Gasteiger partial charge in [0.1, 0.15) is 11.2 Å². The predicted molar refractivity (Wildman–Crippen MR) is 258 cm³/mol. The molecule has 0 aliphatic rings. The lowest BCUT2D eigenvalue weighted by atomic mass is 9.91. The minimum absolute atomic E-state index is 0.0483. The molecule has 4 nitrogen and oxygen atoms in total. The maximum absolute atomic E-state index is 9.95. The van der Waals surface area contributed by atoms with Crippen LogP contribution < -0.4 is 0 Å². The third-order valence-corrected chi connectivity index (χ3v) is 11.4. The first-order valence-corrected chi connectivity index (χ1v) is 20.1. The van der Waals surface area contributed by atoms with Crippen molar-refractivity contribution in [2.45, 2.75) is 0 Å². The Balaban J connectivity index is 1.17. The van der Waals surface area contributed by atoms with Gasteiger partial charge in [0.2, 0.25) is 0 Å². The van der Waals surface area contributed by atoms with E-state index >= 15 is 0 Å². The lowest BCUT2D eigenvalue weighted by Crippen LogP contribution is -2.00. The van der Waals surface area contributed by atoms with Crippen LogP contribution in [0.2, 0.25) is 0 Å². The standard InChI is InChI=1S/C57H35N3OS/c1-4-14-36(15-5-1)39-26-28-40(29-27-39)55-58-56(60-57(59-55)48-22-12-24-50-53(48)46-20-10-11-23-49(46)61-50)41-30-31-47-52(35-41)62-51-25-13-21-45(54(47)51)44-33-42(37-16-6-2-7-17-37)32-43(34-44)38-18-8-3-9-19-38/h1-35H/i2D,3D,6D,7D,8D,9D,13D,16D,17D,18D,21D,25D,30D,31D,32D,33D,34D,35D. The number of aromatic nitrogens is 3. The topological polar surface area (TPSA) is 51.8 Å². The molecule has 12 rings (SSSR count). The summed E-state index contributed by atoms with van der Waals surface area (Å²) in [6, 6.07) is 17.9. The molecule has 0 saturated heterocycles. The fourth-order valence-corrected chi connectivity index (χ4v) is 8.55. The van der Waals surface area contributed by atoms with Gasteiger partial charge in [0.05, 0.1) is 24.7 Å². The van der Waals surface area contributed by atoms with Gasteiger partial charge in [-0.1, -0.05) is 170 Å². The van der Waals surface area contributed by atoms with Crippen LogP contribution in [0.15, 0.2) is 216 Å². The van der Waals surface area contributed by atoms with Crippen LogP contribution in [0.1, 0.15) is 24.7 Å². The third-order valence-electron chi connectivity index (χ3n) is 10.4. The highest BCUT2D eigenvalue weighted by atomic mass is 32.1. The monoisotopic (exact) mass is 827 g/mol. The fourth-order valence-electron chi connectivity index (χ4n) is 7.53. The quantitative estimate of drug-likeness (QED) is 0.161. The first-order valence-electron chi connectivity index (χ1n) is 28.3. The Kier molecular flexibility index (Phi) is 5.30. The molecule has 5 heteroatoms. The van der Waals surface area contributed by atoms with Gasteiger partial charge >= 0.3 is 0 Å². The number of benzene rings is 9. The summed E-state index contributed by atoms with van der Waals surface area (Å²) in [5.41, 5.74) is 0.367. The highest BCUT2D eigenvalue weighted by Crippen LogP contribution is 2.44. The highest BCUT2D eigenvalue weighted by Gasteiger charge is 2.20. The molecule has 0 unspecified atom stereocenters. The number of furan rings is 1. The average Bonchev–Trinajstić information content (AvgIpc) is 4.24. The second kappa shape index (κ2) is 14.9. The summed E-state index contributed by atoms with van der Waals surface area (Å²) in [4.78, 5) is 14.8. The predicted octanol–water partition coefficient (Wildman–Crippen LogP) is 15.8. The summed E-state index contributed by atoms with van der Waals surface area (Å²) in [5, 5.41) is 1.02. The number of thiophene rings is 1. The summed E-state index contributed by atoms with van der Waals surface area (Å²) in [6.45, 7) is 0. The van der Waals surface area contributed by atoms with E-state index in [1.54, 1.807) is 6.07 Å². The minimum atomic E-state index is -0.864. The summed E-state index contributed by atoms with van der Waals surface area (Å²) < 4.78 is 170. The van der Waals surface area contributed by atoms with E-state index in [1.807, 2.05) is 91.0 Å². The number of hydrogen-bond donors (Lipinski definition) is 0. The Bertz CT molecular complexity index is 4670. The van der Waals surface area contributed by atoms with E-state index in [0.717, 1.165) is 33.9 Å². The van der Waals surface area contributed by atoms with E-state index in [9.17, 15) is 11.0 Å². The molecular formula is C57H35N3OS. The molecule has 62 heavy (non-hydrogen) atoms. The van der Waals surface area contributed by atoms with Crippen molar-refractivity contribution in [2.24, 2.45) is 0 Å². The van der Waals surface area contributed by atoms with Crippen LogP contribution in [-0.2, 0) is 0 Å². The lowest BCUT2D eigenvalue weighted by molar-refractivity contribution is 0.669. The van der Waals surface area contributed by atoms with Gasteiger partial charge in [-0.2, -0.15) is 0 Å². The molecule has 0 atom stereocenters. The number of rotatable bonds is 7. The van der Waals surface area contributed by atoms with Crippen molar-refractivity contribution in [1.82, 2.24) is 15.0 Å².